The lowest BCUT2D eigenvalue weighted by Gasteiger charge is -2.28. The molecule has 0 atom stereocenters. The quantitative estimate of drug-likeness (QED) is 0.672. The Kier molecular flexibility index (Phi) is 4.99. The van der Waals surface area contributed by atoms with E-state index in [-0.39, 0.29) is 11.2 Å². The van der Waals surface area contributed by atoms with Crippen LogP contribution in [0.2, 0.25) is 0 Å². The summed E-state index contributed by atoms with van der Waals surface area (Å²) in [5.41, 5.74) is 2.59. The molecular formula is C20H24FN5O2. The third kappa shape index (κ3) is 3.83. The smallest absolute Gasteiger partial charge is 0.240 e. The van der Waals surface area contributed by atoms with E-state index >= 15 is 0 Å². The van der Waals surface area contributed by atoms with Gasteiger partial charge in [0.2, 0.25) is 5.89 Å². The highest BCUT2D eigenvalue weighted by molar-refractivity contribution is 5.37. The molecule has 28 heavy (non-hydrogen) atoms. The summed E-state index contributed by atoms with van der Waals surface area (Å²) in [4.78, 5) is 6.65. The fraction of sp³-hybridized carbons (Fsp3) is 0.450. The molecule has 0 fully saturated rings. The maximum atomic E-state index is 14.3. The van der Waals surface area contributed by atoms with Crippen LogP contribution in [0.25, 0.3) is 5.69 Å². The topological polar surface area (TPSA) is 69.2 Å². The number of fused-ring (bicyclic) bond motifs is 1. The van der Waals surface area contributed by atoms with Crippen LogP contribution in [0.4, 0.5) is 4.39 Å². The number of ether oxygens (including phenoxy) is 1. The van der Waals surface area contributed by atoms with Crippen molar-refractivity contribution in [3.8, 4) is 5.69 Å². The van der Waals surface area contributed by atoms with Gasteiger partial charge in [0.15, 0.2) is 5.82 Å². The number of hydrogen-bond donors (Lipinski definition) is 0. The zero-order valence-corrected chi connectivity index (χ0v) is 16.4. The first-order valence-corrected chi connectivity index (χ1v) is 9.28. The molecule has 0 saturated heterocycles. The molecule has 0 spiro atoms. The molecule has 4 rings (SSSR count). The molecular weight excluding hydrogens is 361 g/mol. The summed E-state index contributed by atoms with van der Waals surface area (Å²) in [6, 6.07) is 6.74. The van der Waals surface area contributed by atoms with Crippen LogP contribution >= 0.6 is 0 Å². The van der Waals surface area contributed by atoms with Crippen LogP contribution in [0.1, 0.15) is 36.8 Å². The molecule has 8 heteroatoms. The second kappa shape index (κ2) is 7.44. The second-order valence-corrected chi connectivity index (χ2v) is 8.00. The minimum absolute atomic E-state index is 0.0241. The summed E-state index contributed by atoms with van der Waals surface area (Å²) in [6.45, 7) is 6.82. The number of halogens is 1. The van der Waals surface area contributed by atoms with Crippen LogP contribution in [-0.4, -0.2) is 38.5 Å². The van der Waals surface area contributed by atoms with Gasteiger partial charge in [-0.05, 0) is 24.0 Å². The number of rotatable bonds is 5. The molecule has 0 unspecified atom stereocenters. The number of nitrogens with zero attached hydrogens (tertiary/aromatic N) is 5. The molecule has 1 aromatic carbocycles. The summed E-state index contributed by atoms with van der Waals surface area (Å²) in [7, 11) is 1.60. The lowest BCUT2D eigenvalue weighted by molar-refractivity contribution is 0.155. The molecule has 3 heterocycles. The van der Waals surface area contributed by atoms with Crippen LogP contribution in [0.15, 0.2) is 35.0 Å². The molecule has 148 valence electrons. The first-order valence-electron chi connectivity index (χ1n) is 9.28. The van der Waals surface area contributed by atoms with Crippen LogP contribution in [0.5, 0.6) is 0 Å². The van der Waals surface area contributed by atoms with Gasteiger partial charge in [0.05, 0.1) is 12.7 Å². The van der Waals surface area contributed by atoms with E-state index in [0.29, 0.717) is 37.1 Å². The lowest BCUT2D eigenvalue weighted by atomic mass is 9.87. The normalized spacial score (nSPS) is 16.7. The highest BCUT2D eigenvalue weighted by Crippen LogP contribution is 2.32. The summed E-state index contributed by atoms with van der Waals surface area (Å²) < 4.78 is 26.5. The fourth-order valence-electron chi connectivity index (χ4n) is 3.82. The van der Waals surface area contributed by atoms with Crippen molar-refractivity contribution in [2.24, 2.45) is 5.41 Å². The maximum Gasteiger partial charge on any atom is 0.240 e. The number of para-hydroxylation sites is 1. The van der Waals surface area contributed by atoms with Crippen LogP contribution in [0.3, 0.4) is 0 Å². The van der Waals surface area contributed by atoms with E-state index in [1.165, 1.54) is 6.07 Å². The highest BCUT2D eigenvalue weighted by Gasteiger charge is 2.31. The monoisotopic (exact) mass is 385 g/mol. The Bertz CT molecular complexity index is 965. The molecule has 0 bridgehead atoms. The number of methoxy groups -OCH3 is 1. The average Bonchev–Trinajstić information content (AvgIpc) is 3.19. The third-order valence-electron chi connectivity index (χ3n) is 4.87. The van der Waals surface area contributed by atoms with Crippen LogP contribution in [0, 0.1) is 11.2 Å². The zero-order valence-electron chi connectivity index (χ0n) is 16.4. The van der Waals surface area contributed by atoms with Crippen molar-refractivity contribution in [3.05, 3.63) is 59.3 Å². The Morgan fingerprint density at radius 3 is 2.89 bits per heavy atom. The standard InChI is InChI=1S/C20H24FN5O2/c1-20(2)8-17-14(9-22-26(17)16-7-5-4-6-15(16)21)10-25(13-20)11-19-23-18(12-27-3)24-28-19/h4-7,9H,8,10-13H2,1-3H3. The van der Waals surface area contributed by atoms with Crippen molar-refractivity contribution in [3.63, 3.8) is 0 Å². The van der Waals surface area contributed by atoms with Crippen molar-refractivity contribution < 1.29 is 13.7 Å². The van der Waals surface area contributed by atoms with E-state index in [9.17, 15) is 4.39 Å². The summed E-state index contributed by atoms with van der Waals surface area (Å²) in [6.07, 6.45) is 2.63. The largest absolute Gasteiger partial charge is 0.377 e. The molecule has 1 aliphatic heterocycles. The number of hydrogen-bond acceptors (Lipinski definition) is 6. The predicted molar refractivity (Wildman–Crippen MR) is 100 cm³/mol. The maximum absolute atomic E-state index is 14.3. The van der Waals surface area contributed by atoms with E-state index in [4.69, 9.17) is 9.26 Å². The molecule has 2 aromatic heterocycles. The van der Waals surface area contributed by atoms with Gasteiger partial charge in [-0.25, -0.2) is 9.07 Å². The predicted octanol–water partition coefficient (Wildman–Crippen LogP) is 3.13. The molecule has 0 aliphatic carbocycles. The Morgan fingerprint density at radius 1 is 1.29 bits per heavy atom. The summed E-state index contributed by atoms with van der Waals surface area (Å²) >= 11 is 0. The fourth-order valence-corrected chi connectivity index (χ4v) is 3.82. The Morgan fingerprint density at radius 2 is 2.11 bits per heavy atom. The lowest BCUT2D eigenvalue weighted by Crippen LogP contribution is -2.32. The van der Waals surface area contributed by atoms with Gasteiger partial charge in [0.25, 0.3) is 0 Å². The molecule has 3 aromatic rings. The van der Waals surface area contributed by atoms with E-state index in [2.05, 4.69) is 34.0 Å². The van der Waals surface area contributed by atoms with Crippen LogP contribution < -0.4 is 0 Å². The minimum atomic E-state index is -0.274. The average molecular weight is 385 g/mol. The summed E-state index contributed by atoms with van der Waals surface area (Å²) in [5.74, 6) is 0.830. The van der Waals surface area contributed by atoms with Gasteiger partial charge in [-0.2, -0.15) is 10.1 Å². The van der Waals surface area contributed by atoms with Crippen molar-refractivity contribution in [2.75, 3.05) is 13.7 Å². The van der Waals surface area contributed by atoms with Crippen molar-refractivity contribution in [2.45, 2.75) is 40.0 Å². The molecule has 0 amide bonds. The van der Waals surface area contributed by atoms with E-state index in [1.807, 2.05) is 12.3 Å². The second-order valence-electron chi connectivity index (χ2n) is 8.00. The van der Waals surface area contributed by atoms with Gasteiger partial charge >= 0.3 is 0 Å². The van der Waals surface area contributed by atoms with Crippen molar-refractivity contribution in [1.29, 1.82) is 0 Å². The number of aromatic nitrogens is 4. The zero-order chi connectivity index (χ0) is 19.7. The third-order valence-corrected chi connectivity index (χ3v) is 4.87. The van der Waals surface area contributed by atoms with E-state index < -0.39 is 0 Å². The minimum Gasteiger partial charge on any atom is -0.377 e. The number of benzene rings is 1. The highest BCUT2D eigenvalue weighted by atomic mass is 19.1. The molecule has 7 nitrogen and oxygen atoms in total. The Balaban J connectivity index is 1.62. The first-order chi connectivity index (χ1) is 13.4. The van der Waals surface area contributed by atoms with E-state index in [0.717, 1.165) is 24.2 Å². The van der Waals surface area contributed by atoms with E-state index in [1.54, 1.807) is 23.9 Å². The van der Waals surface area contributed by atoms with Gasteiger partial charge in [-0.3, -0.25) is 4.90 Å². The molecule has 1 aliphatic rings. The van der Waals surface area contributed by atoms with Gasteiger partial charge < -0.3 is 9.26 Å². The van der Waals surface area contributed by atoms with Crippen molar-refractivity contribution >= 4 is 0 Å². The molecule has 0 radical (unpaired) electrons. The SMILES string of the molecule is COCc1noc(CN2Cc3cnn(-c4ccccc4F)c3CC(C)(C)C2)n1. The van der Waals surface area contributed by atoms with Crippen molar-refractivity contribution in [1.82, 2.24) is 24.8 Å². The molecule has 0 N–H and O–H groups in total. The molecule has 0 saturated carbocycles. The van der Waals surface area contributed by atoms with Crippen LogP contribution in [-0.2, 0) is 30.9 Å². The van der Waals surface area contributed by atoms with Gasteiger partial charge in [0.1, 0.15) is 18.1 Å². The van der Waals surface area contributed by atoms with Gasteiger partial charge in [0, 0.05) is 31.5 Å². The van der Waals surface area contributed by atoms with Gasteiger partial charge in [-0.15, -0.1) is 0 Å². The van der Waals surface area contributed by atoms with Gasteiger partial charge in [-0.1, -0.05) is 31.1 Å². The first kappa shape index (κ1) is 18.8. The Labute approximate surface area is 163 Å². The Hall–Kier alpha value is -2.58. The summed E-state index contributed by atoms with van der Waals surface area (Å²) in [5, 5.41) is 8.42.